The summed E-state index contributed by atoms with van der Waals surface area (Å²) in [5, 5.41) is 8.93. The normalized spacial score (nSPS) is 20.6. The third kappa shape index (κ3) is 3.34. The van der Waals surface area contributed by atoms with Crippen molar-refractivity contribution in [3.05, 3.63) is 35.9 Å². The highest BCUT2D eigenvalue weighted by molar-refractivity contribution is 5.86. The number of likely N-dealkylation sites (tertiary alicyclic amines) is 1. The fraction of sp³-hybridized carbons (Fsp3) is 0.467. The number of nitrogens with zero attached hydrogens (tertiary/aromatic N) is 1. The molecule has 1 amide bonds. The predicted octanol–water partition coefficient (Wildman–Crippen LogP) is 2.11. The summed E-state index contributed by atoms with van der Waals surface area (Å²) in [6, 6.07) is 10.2. The summed E-state index contributed by atoms with van der Waals surface area (Å²) in [6.45, 7) is 3.12. The SMILES string of the molecule is CC(CCN1CC(C(=O)O)CC1=O)c1ccccc1. The number of carbonyl (C=O) groups excluding carboxylic acids is 1. The Morgan fingerprint density at radius 1 is 1.42 bits per heavy atom. The topological polar surface area (TPSA) is 57.6 Å². The molecule has 1 aromatic carbocycles. The van der Waals surface area contributed by atoms with Gasteiger partial charge in [0.1, 0.15) is 0 Å². The molecule has 1 heterocycles. The molecule has 1 aliphatic heterocycles. The van der Waals surface area contributed by atoms with E-state index in [2.05, 4.69) is 19.1 Å². The first-order valence-electron chi connectivity index (χ1n) is 6.63. The summed E-state index contributed by atoms with van der Waals surface area (Å²) in [4.78, 5) is 24.3. The fourth-order valence-corrected chi connectivity index (χ4v) is 2.45. The number of carbonyl (C=O) groups is 2. The van der Waals surface area contributed by atoms with Crippen molar-refractivity contribution in [1.29, 1.82) is 0 Å². The molecule has 0 saturated carbocycles. The number of benzene rings is 1. The summed E-state index contributed by atoms with van der Waals surface area (Å²) < 4.78 is 0. The molecule has 1 aromatic rings. The summed E-state index contributed by atoms with van der Waals surface area (Å²) >= 11 is 0. The van der Waals surface area contributed by atoms with Crippen LogP contribution in [0.4, 0.5) is 0 Å². The molecule has 1 N–H and O–H groups in total. The highest BCUT2D eigenvalue weighted by Gasteiger charge is 2.33. The second kappa shape index (κ2) is 5.87. The highest BCUT2D eigenvalue weighted by atomic mass is 16.4. The van der Waals surface area contributed by atoms with Gasteiger partial charge in [0.2, 0.25) is 5.91 Å². The molecule has 4 heteroatoms. The second-order valence-electron chi connectivity index (χ2n) is 5.18. The third-order valence-electron chi connectivity index (χ3n) is 3.76. The number of hydrogen-bond acceptors (Lipinski definition) is 2. The molecule has 0 spiro atoms. The van der Waals surface area contributed by atoms with Gasteiger partial charge in [-0.05, 0) is 17.9 Å². The van der Waals surface area contributed by atoms with Gasteiger partial charge in [0.25, 0.3) is 0 Å². The van der Waals surface area contributed by atoms with E-state index >= 15 is 0 Å². The quantitative estimate of drug-likeness (QED) is 0.883. The summed E-state index contributed by atoms with van der Waals surface area (Å²) in [7, 11) is 0. The summed E-state index contributed by atoms with van der Waals surface area (Å²) in [5.41, 5.74) is 1.25. The number of rotatable bonds is 5. The molecule has 1 aliphatic rings. The van der Waals surface area contributed by atoms with Crippen LogP contribution in [0.1, 0.15) is 31.2 Å². The molecule has 19 heavy (non-hydrogen) atoms. The van der Waals surface area contributed by atoms with E-state index < -0.39 is 11.9 Å². The Balaban J connectivity index is 1.86. The van der Waals surface area contributed by atoms with Crippen molar-refractivity contribution in [3.63, 3.8) is 0 Å². The van der Waals surface area contributed by atoms with Crippen LogP contribution < -0.4 is 0 Å². The lowest BCUT2D eigenvalue weighted by atomic mass is 9.98. The van der Waals surface area contributed by atoms with Gasteiger partial charge in [-0.25, -0.2) is 0 Å². The van der Waals surface area contributed by atoms with Gasteiger partial charge in [0.15, 0.2) is 0 Å². The Morgan fingerprint density at radius 2 is 2.11 bits per heavy atom. The fourth-order valence-electron chi connectivity index (χ4n) is 2.45. The van der Waals surface area contributed by atoms with E-state index in [-0.39, 0.29) is 12.3 Å². The van der Waals surface area contributed by atoms with Crippen molar-refractivity contribution in [2.24, 2.45) is 5.92 Å². The summed E-state index contributed by atoms with van der Waals surface area (Å²) in [6.07, 6.45) is 1.01. The van der Waals surface area contributed by atoms with E-state index in [0.29, 0.717) is 19.0 Å². The average Bonchev–Trinajstić information content (AvgIpc) is 2.79. The molecule has 2 rings (SSSR count). The van der Waals surface area contributed by atoms with E-state index in [4.69, 9.17) is 5.11 Å². The van der Waals surface area contributed by atoms with Gasteiger partial charge in [-0.3, -0.25) is 9.59 Å². The number of amides is 1. The molecule has 0 aliphatic carbocycles. The lowest BCUT2D eigenvalue weighted by Crippen LogP contribution is -2.28. The molecule has 0 aromatic heterocycles. The zero-order valence-corrected chi connectivity index (χ0v) is 11.1. The van der Waals surface area contributed by atoms with E-state index in [1.807, 2.05) is 18.2 Å². The van der Waals surface area contributed by atoms with E-state index in [9.17, 15) is 9.59 Å². The molecule has 2 atom stereocenters. The maximum Gasteiger partial charge on any atom is 0.308 e. The van der Waals surface area contributed by atoms with Crippen molar-refractivity contribution in [2.75, 3.05) is 13.1 Å². The minimum absolute atomic E-state index is 0.0346. The van der Waals surface area contributed by atoms with Crippen LogP contribution in [0, 0.1) is 5.92 Å². The maximum absolute atomic E-state index is 11.7. The third-order valence-corrected chi connectivity index (χ3v) is 3.76. The van der Waals surface area contributed by atoms with Gasteiger partial charge in [-0.1, -0.05) is 37.3 Å². The Morgan fingerprint density at radius 3 is 2.68 bits per heavy atom. The standard InChI is InChI=1S/C15H19NO3/c1-11(12-5-3-2-4-6-12)7-8-16-10-13(15(18)19)9-14(16)17/h2-6,11,13H,7-10H2,1H3,(H,18,19). The largest absolute Gasteiger partial charge is 0.481 e. The molecule has 0 bridgehead atoms. The van der Waals surface area contributed by atoms with Crippen molar-refractivity contribution < 1.29 is 14.7 Å². The van der Waals surface area contributed by atoms with Gasteiger partial charge >= 0.3 is 5.97 Å². The van der Waals surface area contributed by atoms with Gasteiger partial charge in [-0.15, -0.1) is 0 Å². The number of hydrogen-bond donors (Lipinski definition) is 1. The first kappa shape index (κ1) is 13.6. The first-order valence-corrected chi connectivity index (χ1v) is 6.63. The smallest absolute Gasteiger partial charge is 0.308 e. The van der Waals surface area contributed by atoms with E-state index in [1.165, 1.54) is 5.56 Å². The molecule has 1 saturated heterocycles. The minimum atomic E-state index is -0.869. The molecule has 0 radical (unpaired) electrons. The Hall–Kier alpha value is -1.84. The number of carboxylic acid groups (broad SMARTS) is 1. The van der Waals surface area contributed by atoms with Crippen LogP contribution in [0.2, 0.25) is 0 Å². The van der Waals surface area contributed by atoms with Crippen LogP contribution in [0.25, 0.3) is 0 Å². The molecular formula is C15H19NO3. The second-order valence-corrected chi connectivity index (χ2v) is 5.18. The summed E-state index contributed by atoms with van der Waals surface area (Å²) in [5.74, 6) is -1.06. The lowest BCUT2D eigenvalue weighted by Gasteiger charge is -2.19. The van der Waals surface area contributed by atoms with Crippen molar-refractivity contribution in [2.45, 2.75) is 25.7 Å². The van der Waals surface area contributed by atoms with Crippen LogP contribution in [-0.2, 0) is 9.59 Å². The van der Waals surface area contributed by atoms with Crippen molar-refractivity contribution in [3.8, 4) is 0 Å². The highest BCUT2D eigenvalue weighted by Crippen LogP contribution is 2.22. The monoisotopic (exact) mass is 261 g/mol. The van der Waals surface area contributed by atoms with Crippen molar-refractivity contribution in [1.82, 2.24) is 4.90 Å². The Labute approximate surface area is 113 Å². The maximum atomic E-state index is 11.7. The van der Waals surface area contributed by atoms with Gasteiger partial charge in [0.05, 0.1) is 5.92 Å². The molecule has 4 nitrogen and oxygen atoms in total. The molecular weight excluding hydrogens is 242 g/mol. The molecule has 102 valence electrons. The van der Waals surface area contributed by atoms with Crippen LogP contribution >= 0.6 is 0 Å². The predicted molar refractivity (Wildman–Crippen MR) is 71.8 cm³/mol. The van der Waals surface area contributed by atoms with Gasteiger partial charge in [0, 0.05) is 19.5 Å². The first-order chi connectivity index (χ1) is 9.08. The average molecular weight is 261 g/mol. The van der Waals surface area contributed by atoms with E-state index in [1.54, 1.807) is 4.90 Å². The van der Waals surface area contributed by atoms with Crippen LogP contribution in [0.5, 0.6) is 0 Å². The Bertz CT molecular complexity index is 458. The van der Waals surface area contributed by atoms with Crippen LogP contribution in [0.15, 0.2) is 30.3 Å². The van der Waals surface area contributed by atoms with Crippen molar-refractivity contribution >= 4 is 11.9 Å². The molecule has 1 fully saturated rings. The zero-order chi connectivity index (χ0) is 13.8. The van der Waals surface area contributed by atoms with E-state index in [0.717, 1.165) is 6.42 Å². The van der Waals surface area contributed by atoms with Gasteiger partial charge < -0.3 is 10.0 Å². The van der Waals surface area contributed by atoms with Crippen LogP contribution in [-0.4, -0.2) is 35.0 Å². The lowest BCUT2D eigenvalue weighted by molar-refractivity contribution is -0.141. The molecule has 2 unspecified atom stereocenters. The van der Waals surface area contributed by atoms with Gasteiger partial charge in [-0.2, -0.15) is 0 Å². The Kier molecular flexibility index (Phi) is 4.20. The zero-order valence-electron chi connectivity index (χ0n) is 11.1. The van der Waals surface area contributed by atoms with Crippen LogP contribution in [0.3, 0.4) is 0 Å². The number of carboxylic acids is 1. The number of aliphatic carboxylic acids is 1. The minimum Gasteiger partial charge on any atom is -0.481 e.